The van der Waals surface area contributed by atoms with Crippen LogP contribution in [0.2, 0.25) is 0 Å². The maximum Gasteiger partial charge on any atom is 0.226 e. The highest BCUT2D eigenvalue weighted by atomic mass is 16.5. The summed E-state index contributed by atoms with van der Waals surface area (Å²) in [7, 11) is 1.70. The topological polar surface area (TPSA) is 58.6 Å². The number of ether oxygens (including phenoxy) is 1. The number of benzene rings is 1. The Kier molecular flexibility index (Phi) is 8.16. The molecule has 244 valence electrons. The van der Waals surface area contributed by atoms with Crippen molar-refractivity contribution in [2.45, 2.75) is 125 Å². The predicted molar refractivity (Wildman–Crippen MR) is 179 cm³/mol. The Morgan fingerprint density at radius 2 is 1.64 bits per heavy atom. The smallest absolute Gasteiger partial charge is 0.226 e. The van der Waals surface area contributed by atoms with Gasteiger partial charge in [-0.2, -0.15) is 0 Å². The first-order valence-corrected chi connectivity index (χ1v) is 18.0. The van der Waals surface area contributed by atoms with E-state index in [2.05, 4.69) is 65.6 Å². The lowest BCUT2D eigenvalue weighted by Gasteiger charge is -2.72. The molecule has 5 saturated carbocycles. The van der Waals surface area contributed by atoms with Crippen LogP contribution >= 0.6 is 0 Å². The van der Waals surface area contributed by atoms with Gasteiger partial charge < -0.3 is 15.2 Å². The van der Waals surface area contributed by atoms with Gasteiger partial charge in [0.1, 0.15) is 5.75 Å². The molecular formula is C40H61NO3. The molecule has 5 aliphatic carbocycles. The molecule has 4 heteroatoms. The van der Waals surface area contributed by atoms with Gasteiger partial charge in [0.25, 0.3) is 0 Å². The lowest BCUT2D eigenvalue weighted by molar-refractivity contribution is -0.246. The molecule has 10 atom stereocenters. The summed E-state index contributed by atoms with van der Waals surface area (Å²) in [5, 5.41) is 14.5. The molecule has 0 heterocycles. The number of carbonyl (C=O) groups excluding carboxylic acids is 1. The molecule has 4 nitrogen and oxygen atoms in total. The van der Waals surface area contributed by atoms with Gasteiger partial charge >= 0.3 is 0 Å². The van der Waals surface area contributed by atoms with E-state index in [-0.39, 0.29) is 33.2 Å². The molecule has 0 spiro atoms. The Hall–Kier alpha value is -1.81. The minimum absolute atomic E-state index is 0.0181. The van der Waals surface area contributed by atoms with Gasteiger partial charge in [0.2, 0.25) is 5.91 Å². The van der Waals surface area contributed by atoms with Crippen LogP contribution in [0.15, 0.2) is 36.4 Å². The molecule has 44 heavy (non-hydrogen) atoms. The van der Waals surface area contributed by atoms with Crippen LogP contribution in [0.25, 0.3) is 0 Å². The largest absolute Gasteiger partial charge is 0.497 e. The summed E-state index contributed by atoms with van der Waals surface area (Å²) < 4.78 is 5.31. The van der Waals surface area contributed by atoms with E-state index in [4.69, 9.17) is 4.74 Å². The normalized spacial score (nSPS) is 44.0. The number of amides is 1. The maximum absolute atomic E-state index is 14.4. The van der Waals surface area contributed by atoms with Gasteiger partial charge in [-0.05, 0) is 153 Å². The van der Waals surface area contributed by atoms with E-state index >= 15 is 0 Å². The van der Waals surface area contributed by atoms with Crippen molar-refractivity contribution in [3.05, 3.63) is 42.0 Å². The van der Waals surface area contributed by atoms with Crippen LogP contribution in [0.3, 0.4) is 0 Å². The molecule has 1 amide bonds. The van der Waals surface area contributed by atoms with E-state index in [9.17, 15) is 9.90 Å². The number of nitrogens with one attached hydrogen (secondary N) is 1. The third kappa shape index (κ3) is 4.57. The Morgan fingerprint density at radius 1 is 0.909 bits per heavy atom. The second-order valence-electron chi connectivity index (χ2n) is 17.4. The molecule has 1 aromatic carbocycles. The SMILES string of the molecule is C=C(C)[C@@H]1CC[C@]2(C(=O)NCCCc3ccc(OC)cc3)CC[C@]3(C)[C@H](CCC4[C@@]5(C)CC[C@H](O)C(C)(C)C5CC[C@]43C)C12. The van der Waals surface area contributed by atoms with Crippen LogP contribution in [0, 0.1) is 56.7 Å². The summed E-state index contributed by atoms with van der Waals surface area (Å²) in [6.45, 7) is 20.1. The number of hydrogen-bond donors (Lipinski definition) is 2. The summed E-state index contributed by atoms with van der Waals surface area (Å²) in [6, 6.07) is 8.31. The van der Waals surface area contributed by atoms with Crippen LogP contribution in [0.4, 0.5) is 0 Å². The van der Waals surface area contributed by atoms with Crippen molar-refractivity contribution in [2.75, 3.05) is 13.7 Å². The van der Waals surface area contributed by atoms with E-state index in [1.807, 2.05) is 12.1 Å². The van der Waals surface area contributed by atoms with Crippen LogP contribution in [-0.2, 0) is 11.2 Å². The highest BCUT2D eigenvalue weighted by Crippen LogP contribution is 2.77. The number of hydrogen-bond acceptors (Lipinski definition) is 3. The minimum Gasteiger partial charge on any atom is -0.497 e. The standard InChI is InChI=1S/C40H61NO3/c1-26(2)29-17-22-40(35(43)41-25-9-10-27-11-13-28(44-8)14-12-27)24-23-38(6)30(34(29)40)15-16-32-37(5)20-19-33(42)36(3,4)31(37)18-21-39(32,38)7/h11-14,29-34,42H,1,9-10,15-25H2,2-8H3,(H,41,43)/t29-,30+,31?,32?,33-,34?,37-,38+,39+,40-/m0/s1. The molecule has 0 radical (unpaired) electrons. The predicted octanol–water partition coefficient (Wildman–Crippen LogP) is 8.76. The summed E-state index contributed by atoms with van der Waals surface area (Å²) in [6.07, 6.45) is 13.1. The Bertz CT molecular complexity index is 1250. The van der Waals surface area contributed by atoms with E-state index < -0.39 is 0 Å². The number of aryl methyl sites for hydroxylation is 1. The first-order chi connectivity index (χ1) is 20.7. The monoisotopic (exact) mass is 603 g/mol. The number of aliphatic hydroxyl groups excluding tert-OH is 1. The van der Waals surface area contributed by atoms with Gasteiger partial charge in [-0.3, -0.25) is 4.79 Å². The summed E-state index contributed by atoms with van der Waals surface area (Å²) in [5.74, 6) is 3.89. The summed E-state index contributed by atoms with van der Waals surface area (Å²) in [5.41, 5.74) is 3.08. The van der Waals surface area contributed by atoms with E-state index in [1.165, 1.54) is 36.8 Å². The number of methoxy groups -OCH3 is 1. The fourth-order valence-corrected chi connectivity index (χ4v) is 13.0. The minimum atomic E-state index is -0.255. The van der Waals surface area contributed by atoms with E-state index in [0.717, 1.165) is 63.7 Å². The average molecular weight is 604 g/mol. The van der Waals surface area contributed by atoms with E-state index in [1.54, 1.807) is 7.11 Å². The molecule has 0 bridgehead atoms. The van der Waals surface area contributed by atoms with Crippen LogP contribution in [-0.4, -0.2) is 30.8 Å². The molecule has 6 rings (SSSR count). The summed E-state index contributed by atoms with van der Waals surface area (Å²) >= 11 is 0. The third-order valence-corrected chi connectivity index (χ3v) is 15.6. The average Bonchev–Trinajstić information content (AvgIpc) is 3.39. The fraction of sp³-hybridized carbons (Fsp3) is 0.775. The quantitative estimate of drug-likeness (QED) is 0.242. The molecule has 1 aromatic rings. The number of fused-ring (bicyclic) bond motifs is 7. The van der Waals surface area contributed by atoms with Crippen molar-refractivity contribution in [3.8, 4) is 5.75 Å². The Labute approximate surface area is 268 Å². The molecule has 5 aliphatic rings. The third-order valence-electron chi connectivity index (χ3n) is 15.6. The van der Waals surface area contributed by atoms with Crippen molar-refractivity contribution < 1.29 is 14.6 Å². The molecule has 0 saturated heterocycles. The number of carbonyl (C=O) groups is 1. The van der Waals surface area contributed by atoms with Crippen molar-refractivity contribution >= 4 is 5.91 Å². The lowest BCUT2D eigenvalue weighted by atomic mass is 9.32. The molecule has 2 N–H and O–H groups in total. The van der Waals surface area contributed by atoms with Crippen molar-refractivity contribution in [1.82, 2.24) is 5.32 Å². The molecule has 0 aliphatic heterocycles. The van der Waals surface area contributed by atoms with Crippen LogP contribution < -0.4 is 10.1 Å². The zero-order chi connectivity index (χ0) is 31.7. The molecule has 5 fully saturated rings. The zero-order valence-electron chi connectivity index (χ0n) is 28.9. The number of aliphatic hydroxyl groups is 1. The van der Waals surface area contributed by atoms with Gasteiger partial charge in [0.15, 0.2) is 0 Å². The number of allylic oxidation sites excluding steroid dienone is 1. The van der Waals surface area contributed by atoms with Gasteiger partial charge in [-0.15, -0.1) is 0 Å². The number of rotatable bonds is 7. The maximum atomic E-state index is 14.4. The second-order valence-corrected chi connectivity index (χ2v) is 17.4. The molecular weight excluding hydrogens is 542 g/mol. The first kappa shape index (κ1) is 32.1. The van der Waals surface area contributed by atoms with E-state index in [0.29, 0.717) is 35.5 Å². The van der Waals surface area contributed by atoms with Gasteiger partial charge in [0, 0.05) is 6.54 Å². The molecule has 0 aromatic heterocycles. The Balaban J connectivity index is 1.23. The second kappa shape index (κ2) is 11.2. The van der Waals surface area contributed by atoms with Crippen LogP contribution in [0.5, 0.6) is 5.75 Å². The lowest BCUT2D eigenvalue weighted by Crippen LogP contribution is -2.67. The van der Waals surface area contributed by atoms with Crippen LogP contribution in [0.1, 0.15) is 118 Å². The summed E-state index contributed by atoms with van der Waals surface area (Å²) in [4.78, 5) is 14.4. The van der Waals surface area contributed by atoms with Crippen molar-refractivity contribution in [2.24, 2.45) is 56.7 Å². The zero-order valence-corrected chi connectivity index (χ0v) is 28.9. The fourth-order valence-electron chi connectivity index (χ4n) is 13.0. The molecule has 3 unspecified atom stereocenters. The van der Waals surface area contributed by atoms with Crippen molar-refractivity contribution in [3.63, 3.8) is 0 Å². The highest BCUT2D eigenvalue weighted by molar-refractivity contribution is 5.83. The van der Waals surface area contributed by atoms with Gasteiger partial charge in [-0.25, -0.2) is 0 Å². The van der Waals surface area contributed by atoms with Gasteiger partial charge in [-0.1, -0.05) is 58.9 Å². The first-order valence-electron chi connectivity index (χ1n) is 18.0. The highest BCUT2D eigenvalue weighted by Gasteiger charge is 2.71. The van der Waals surface area contributed by atoms with Crippen molar-refractivity contribution in [1.29, 1.82) is 0 Å². The Morgan fingerprint density at radius 3 is 2.32 bits per heavy atom. The van der Waals surface area contributed by atoms with Gasteiger partial charge in [0.05, 0.1) is 18.6 Å².